The summed E-state index contributed by atoms with van der Waals surface area (Å²) in [5, 5.41) is 0. The lowest BCUT2D eigenvalue weighted by molar-refractivity contribution is -0.182. The molecule has 2 unspecified atom stereocenters. The van der Waals surface area contributed by atoms with E-state index >= 15 is 0 Å². The van der Waals surface area contributed by atoms with Crippen LogP contribution in [0.2, 0.25) is 0 Å². The Morgan fingerprint density at radius 1 is 1.43 bits per heavy atom. The molecule has 0 aromatic heterocycles. The van der Waals surface area contributed by atoms with E-state index in [1.165, 1.54) is 0 Å². The average Bonchev–Trinajstić information content (AvgIpc) is 2.49. The van der Waals surface area contributed by atoms with E-state index in [9.17, 15) is 9.59 Å². The fourth-order valence-corrected chi connectivity index (χ4v) is 2.52. The Morgan fingerprint density at radius 2 is 2.14 bits per heavy atom. The fourth-order valence-electron chi connectivity index (χ4n) is 2.52. The number of rotatable bonds is 6. The lowest BCUT2D eigenvalue weighted by Gasteiger charge is -2.43. The monoisotopic (exact) mass is 291 g/mol. The van der Waals surface area contributed by atoms with Crippen LogP contribution in [0.3, 0.4) is 0 Å². The highest BCUT2D eigenvalue weighted by molar-refractivity contribution is 5.88. The minimum absolute atomic E-state index is 0.0663. The molecule has 0 aliphatic carbocycles. The van der Waals surface area contributed by atoms with Crippen LogP contribution < -0.4 is 0 Å². The van der Waals surface area contributed by atoms with Crippen molar-refractivity contribution in [3.05, 3.63) is 35.9 Å². The third-order valence-corrected chi connectivity index (χ3v) is 3.78. The number of morpholine rings is 1. The Balaban J connectivity index is 2.21. The van der Waals surface area contributed by atoms with Gasteiger partial charge in [0.25, 0.3) is 5.91 Å². The van der Waals surface area contributed by atoms with Gasteiger partial charge in [-0.3, -0.25) is 4.79 Å². The largest absolute Gasteiger partial charge is 0.382 e. The van der Waals surface area contributed by atoms with E-state index in [0.29, 0.717) is 19.8 Å². The van der Waals surface area contributed by atoms with Crippen molar-refractivity contribution in [2.24, 2.45) is 0 Å². The number of aldehydes is 1. The summed E-state index contributed by atoms with van der Waals surface area (Å²) in [5.41, 5.74) is -0.0249. The first-order valence-corrected chi connectivity index (χ1v) is 7.02. The second-order valence-electron chi connectivity index (χ2n) is 5.44. The highest BCUT2D eigenvalue weighted by Gasteiger charge is 2.44. The SMILES string of the molecule is COCC1COC(C)(CC=O)C(=O)N1Cc1ccccc1. The highest BCUT2D eigenvalue weighted by Crippen LogP contribution is 2.27. The van der Waals surface area contributed by atoms with Gasteiger partial charge in [-0.2, -0.15) is 0 Å². The predicted octanol–water partition coefficient (Wildman–Crippen LogP) is 1.41. The number of carbonyl (C=O) groups is 2. The Morgan fingerprint density at radius 3 is 2.76 bits per heavy atom. The smallest absolute Gasteiger partial charge is 0.255 e. The summed E-state index contributed by atoms with van der Waals surface area (Å²) in [5.74, 6) is -0.160. The first-order valence-electron chi connectivity index (χ1n) is 7.02. The Hall–Kier alpha value is -1.72. The molecular weight excluding hydrogens is 270 g/mol. The van der Waals surface area contributed by atoms with Crippen LogP contribution in [0, 0.1) is 0 Å². The van der Waals surface area contributed by atoms with Crippen LogP contribution in [0.5, 0.6) is 0 Å². The summed E-state index contributed by atoms with van der Waals surface area (Å²) in [6, 6.07) is 9.63. The van der Waals surface area contributed by atoms with Crippen LogP contribution >= 0.6 is 0 Å². The van der Waals surface area contributed by atoms with E-state index in [-0.39, 0.29) is 18.4 Å². The van der Waals surface area contributed by atoms with Crippen molar-refractivity contribution in [1.29, 1.82) is 0 Å². The van der Waals surface area contributed by atoms with Crippen LogP contribution in [-0.4, -0.2) is 49.1 Å². The van der Waals surface area contributed by atoms with Crippen molar-refractivity contribution in [2.75, 3.05) is 20.3 Å². The van der Waals surface area contributed by atoms with Crippen molar-refractivity contribution in [1.82, 2.24) is 4.90 Å². The molecule has 1 fully saturated rings. The number of benzene rings is 1. The topological polar surface area (TPSA) is 55.8 Å². The van der Waals surface area contributed by atoms with Crippen LogP contribution in [0.4, 0.5) is 0 Å². The van der Waals surface area contributed by atoms with Gasteiger partial charge in [-0.25, -0.2) is 0 Å². The maximum atomic E-state index is 12.7. The van der Waals surface area contributed by atoms with Crippen molar-refractivity contribution in [2.45, 2.75) is 31.5 Å². The van der Waals surface area contributed by atoms with Crippen molar-refractivity contribution >= 4 is 12.2 Å². The number of methoxy groups -OCH3 is 1. The third kappa shape index (κ3) is 3.49. The van der Waals surface area contributed by atoms with Crippen molar-refractivity contribution in [3.8, 4) is 0 Å². The van der Waals surface area contributed by atoms with Gasteiger partial charge in [0.05, 0.1) is 19.3 Å². The second kappa shape index (κ2) is 6.83. The number of nitrogens with zero attached hydrogens (tertiary/aromatic N) is 1. The molecule has 1 aromatic carbocycles. The molecule has 1 aliphatic rings. The Labute approximate surface area is 124 Å². The third-order valence-electron chi connectivity index (χ3n) is 3.78. The molecular formula is C16H21NO4. The molecule has 114 valence electrons. The van der Waals surface area contributed by atoms with E-state index in [1.807, 2.05) is 30.3 Å². The van der Waals surface area contributed by atoms with Gasteiger partial charge in [0.2, 0.25) is 0 Å². The molecule has 21 heavy (non-hydrogen) atoms. The van der Waals surface area contributed by atoms with Gasteiger partial charge in [0, 0.05) is 20.1 Å². The summed E-state index contributed by atoms with van der Waals surface area (Å²) in [4.78, 5) is 25.3. The highest BCUT2D eigenvalue weighted by atomic mass is 16.5. The number of hydrogen-bond acceptors (Lipinski definition) is 4. The van der Waals surface area contributed by atoms with Gasteiger partial charge in [0.15, 0.2) is 5.60 Å². The number of carbonyl (C=O) groups excluding carboxylic acids is 2. The first kappa shape index (κ1) is 15.7. The Bertz CT molecular complexity index is 490. The molecule has 2 atom stereocenters. The molecule has 2 rings (SSSR count). The van der Waals surface area contributed by atoms with E-state index in [1.54, 1.807) is 18.9 Å². The van der Waals surface area contributed by atoms with Gasteiger partial charge < -0.3 is 19.2 Å². The average molecular weight is 291 g/mol. The predicted molar refractivity (Wildman–Crippen MR) is 77.7 cm³/mol. The van der Waals surface area contributed by atoms with Gasteiger partial charge >= 0.3 is 0 Å². The zero-order valence-electron chi connectivity index (χ0n) is 12.5. The molecule has 1 aliphatic heterocycles. The van der Waals surface area contributed by atoms with Crippen molar-refractivity contribution in [3.63, 3.8) is 0 Å². The molecule has 1 heterocycles. The van der Waals surface area contributed by atoms with Crippen LogP contribution in [0.25, 0.3) is 0 Å². The molecule has 1 saturated heterocycles. The van der Waals surface area contributed by atoms with E-state index in [4.69, 9.17) is 9.47 Å². The summed E-state index contributed by atoms with van der Waals surface area (Å²) in [6.45, 7) is 2.95. The second-order valence-corrected chi connectivity index (χ2v) is 5.44. The zero-order valence-corrected chi connectivity index (χ0v) is 12.5. The number of hydrogen-bond donors (Lipinski definition) is 0. The standard InChI is InChI=1S/C16H21NO4/c1-16(8-9-18)15(19)17(14(11-20-2)12-21-16)10-13-6-4-3-5-7-13/h3-7,9,14H,8,10-12H2,1-2H3. The molecule has 0 N–H and O–H groups in total. The lowest BCUT2D eigenvalue weighted by Crippen LogP contribution is -2.60. The summed E-state index contributed by atoms with van der Waals surface area (Å²) in [6.07, 6.45) is 0.798. The molecule has 0 saturated carbocycles. The number of ether oxygens (including phenoxy) is 2. The molecule has 0 radical (unpaired) electrons. The maximum absolute atomic E-state index is 12.7. The molecule has 5 heteroatoms. The maximum Gasteiger partial charge on any atom is 0.255 e. The molecule has 1 aromatic rings. The van der Waals surface area contributed by atoms with Crippen LogP contribution in [0.15, 0.2) is 30.3 Å². The summed E-state index contributed by atoms with van der Waals surface area (Å²) >= 11 is 0. The quantitative estimate of drug-likeness (QED) is 0.744. The van der Waals surface area contributed by atoms with Crippen LogP contribution in [-0.2, 0) is 25.6 Å². The summed E-state index contributed by atoms with van der Waals surface area (Å²) in [7, 11) is 1.60. The van der Waals surface area contributed by atoms with Crippen molar-refractivity contribution < 1.29 is 19.1 Å². The molecule has 0 spiro atoms. The molecule has 1 amide bonds. The van der Waals surface area contributed by atoms with Gasteiger partial charge in [-0.1, -0.05) is 30.3 Å². The first-order chi connectivity index (χ1) is 10.1. The lowest BCUT2D eigenvalue weighted by atomic mass is 9.96. The molecule has 0 bridgehead atoms. The zero-order chi connectivity index (χ0) is 15.3. The Kier molecular flexibility index (Phi) is 5.09. The minimum Gasteiger partial charge on any atom is -0.382 e. The van der Waals surface area contributed by atoms with Crippen LogP contribution in [0.1, 0.15) is 18.9 Å². The van der Waals surface area contributed by atoms with E-state index < -0.39 is 5.60 Å². The normalized spacial score (nSPS) is 25.9. The fraction of sp³-hybridized carbons (Fsp3) is 0.500. The van der Waals surface area contributed by atoms with E-state index in [0.717, 1.165) is 11.8 Å². The summed E-state index contributed by atoms with van der Waals surface area (Å²) < 4.78 is 10.8. The minimum atomic E-state index is -1.07. The number of amides is 1. The van der Waals surface area contributed by atoms with Gasteiger partial charge in [-0.15, -0.1) is 0 Å². The van der Waals surface area contributed by atoms with E-state index in [2.05, 4.69) is 0 Å². The van der Waals surface area contributed by atoms with Gasteiger partial charge in [0.1, 0.15) is 6.29 Å². The van der Waals surface area contributed by atoms with Gasteiger partial charge in [-0.05, 0) is 12.5 Å². The molecule has 5 nitrogen and oxygen atoms in total.